The lowest BCUT2D eigenvalue weighted by atomic mass is 9.77. The molecule has 0 spiro atoms. The van der Waals surface area contributed by atoms with Crippen LogP contribution in [0, 0.1) is 0 Å². The lowest BCUT2D eigenvalue weighted by molar-refractivity contribution is 0.171. The molecule has 1 fully saturated rings. The van der Waals surface area contributed by atoms with Crippen LogP contribution in [-0.2, 0) is 5.41 Å². The Hall–Kier alpha value is -0.380. The summed E-state index contributed by atoms with van der Waals surface area (Å²) in [5.41, 5.74) is 6.28. The van der Waals surface area contributed by atoms with Crippen LogP contribution >= 0.6 is 11.3 Å². The van der Waals surface area contributed by atoms with Gasteiger partial charge in [-0.1, -0.05) is 13.0 Å². The third-order valence-corrected chi connectivity index (χ3v) is 4.81. The fourth-order valence-corrected chi connectivity index (χ4v) is 3.43. The Kier molecular flexibility index (Phi) is 3.44. The number of piperidine rings is 1. The second kappa shape index (κ2) is 4.64. The van der Waals surface area contributed by atoms with Crippen molar-refractivity contribution >= 4 is 11.3 Å². The van der Waals surface area contributed by atoms with E-state index < -0.39 is 0 Å². The fraction of sp³-hybridized carbons (Fsp3) is 0.667. The van der Waals surface area contributed by atoms with Crippen molar-refractivity contribution in [2.75, 3.05) is 26.2 Å². The van der Waals surface area contributed by atoms with Crippen molar-refractivity contribution in [3.63, 3.8) is 0 Å². The molecule has 1 aliphatic rings. The minimum Gasteiger partial charge on any atom is -0.330 e. The molecule has 1 saturated heterocycles. The number of hydrogen-bond acceptors (Lipinski definition) is 3. The molecule has 84 valence electrons. The molecular formula is C12H20N2S. The third kappa shape index (κ3) is 2.10. The standard InChI is InChI=1S/C12H20N2S/c1-2-14-7-5-12(10-13,6-8-14)11-4-3-9-15-11/h3-4,9H,2,5-8,10,13H2,1H3. The van der Waals surface area contributed by atoms with Gasteiger partial charge in [0, 0.05) is 16.8 Å². The van der Waals surface area contributed by atoms with Crippen LogP contribution in [-0.4, -0.2) is 31.1 Å². The number of hydrogen-bond donors (Lipinski definition) is 1. The Morgan fingerprint density at radius 3 is 2.67 bits per heavy atom. The summed E-state index contributed by atoms with van der Waals surface area (Å²) in [6.07, 6.45) is 2.44. The van der Waals surface area contributed by atoms with Gasteiger partial charge in [0.2, 0.25) is 0 Å². The van der Waals surface area contributed by atoms with E-state index in [9.17, 15) is 0 Å². The summed E-state index contributed by atoms with van der Waals surface area (Å²) in [6, 6.07) is 4.39. The minimum atomic E-state index is 0.278. The maximum Gasteiger partial charge on any atom is 0.0194 e. The van der Waals surface area contributed by atoms with E-state index in [0.717, 1.165) is 6.54 Å². The second-order valence-corrected chi connectivity index (χ2v) is 5.34. The average molecular weight is 224 g/mol. The van der Waals surface area contributed by atoms with Gasteiger partial charge in [0.25, 0.3) is 0 Å². The number of thiophene rings is 1. The first-order valence-corrected chi connectivity index (χ1v) is 6.65. The molecule has 2 rings (SSSR count). The maximum absolute atomic E-state index is 6.00. The van der Waals surface area contributed by atoms with Crippen LogP contribution in [0.1, 0.15) is 24.6 Å². The quantitative estimate of drug-likeness (QED) is 0.851. The second-order valence-electron chi connectivity index (χ2n) is 4.40. The monoisotopic (exact) mass is 224 g/mol. The van der Waals surface area contributed by atoms with Crippen LogP contribution in [0.2, 0.25) is 0 Å². The van der Waals surface area contributed by atoms with Gasteiger partial charge < -0.3 is 10.6 Å². The summed E-state index contributed by atoms with van der Waals surface area (Å²) < 4.78 is 0. The predicted molar refractivity (Wildman–Crippen MR) is 66.4 cm³/mol. The van der Waals surface area contributed by atoms with E-state index in [1.807, 2.05) is 11.3 Å². The Morgan fingerprint density at radius 2 is 2.20 bits per heavy atom. The van der Waals surface area contributed by atoms with Crippen LogP contribution in [0.15, 0.2) is 17.5 Å². The topological polar surface area (TPSA) is 29.3 Å². The molecule has 2 N–H and O–H groups in total. The zero-order valence-corrected chi connectivity index (χ0v) is 10.2. The Morgan fingerprint density at radius 1 is 1.47 bits per heavy atom. The van der Waals surface area contributed by atoms with E-state index in [1.165, 1.54) is 37.4 Å². The first-order chi connectivity index (χ1) is 7.30. The van der Waals surface area contributed by atoms with Crippen LogP contribution < -0.4 is 5.73 Å². The third-order valence-electron chi connectivity index (χ3n) is 3.69. The zero-order chi connectivity index (χ0) is 10.7. The van der Waals surface area contributed by atoms with Crippen molar-refractivity contribution in [3.05, 3.63) is 22.4 Å². The number of rotatable bonds is 3. The van der Waals surface area contributed by atoms with Crippen molar-refractivity contribution in [2.24, 2.45) is 5.73 Å². The highest BCUT2D eigenvalue weighted by Gasteiger charge is 2.35. The molecule has 0 amide bonds. The minimum absolute atomic E-state index is 0.278. The maximum atomic E-state index is 6.00. The van der Waals surface area contributed by atoms with Crippen molar-refractivity contribution in [1.29, 1.82) is 0 Å². The first-order valence-electron chi connectivity index (χ1n) is 5.77. The normalized spacial score (nSPS) is 21.7. The molecule has 0 atom stereocenters. The van der Waals surface area contributed by atoms with Gasteiger partial charge in [0.15, 0.2) is 0 Å². The molecule has 0 aliphatic carbocycles. The molecule has 3 heteroatoms. The van der Waals surface area contributed by atoms with Gasteiger partial charge in [0.05, 0.1) is 0 Å². The molecule has 0 radical (unpaired) electrons. The van der Waals surface area contributed by atoms with Crippen LogP contribution in [0.4, 0.5) is 0 Å². The molecule has 0 saturated carbocycles. The summed E-state index contributed by atoms with van der Waals surface area (Å²) in [4.78, 5) is 4.00. The number of nitrogens with two attached hydrogens (primary N) is 1. The van der Waals surface area contributed by atoms with Crippen molar-refractivity contribution in [2.45, 2.75) is 25.2 Å². The van der Waals surface area contributed by atoms with E-state index in [4.69, 9.17) is 5.73 Å². The Bertz CT molecular complexity index is 287. The molecule has 0 aromatic carbocycles. The molecule has 1 aliphatic heterocycles. The van der Waals surface area contributed by atoms with Gasteiger partial charge >= 0.3 is 0 Å². The van der Waals surface area contributed by atoms with Crippen LogP contribution in [0.5, 0.6) is 0 Å². The van der Waals surface area contributed by atoms with E-state index in [2.05, 4.69) is 29.3 Å². The fourth-order valence-electron chi connectivity index (χ4n) is 2.43. The average Bonchev–Trinajstić information content (AvgIpc) is 2.83. The van der Waals surface area contributed by atoms with Gasteiger partial charge in [-0.3, -0.25) is 0 Å². The van der Waals surface area contributed by atoms with Crippen molar-refractivity contribution in [3.8, 4) is 0 Å². The van der Waals surface area contributed by atoms with Gasteiger partial charge in [-0.05, 0) is 43.9 Å². The Labute approximate surface area is 96.1 Å². The molecule has 0 unspecified atom stereocenters. The highest BCUT2D eigenvalue weighted by molar-refractivity contribution is 7.10. The van der Waals surface area contributed by atoms with Gasteiger partial charge in [0.1, 0.15) is 0 Å². The molecule has 15 heavy (non-hydrogen) atoms. The highest BCUT2D eigenvalue weighted by atomic mass is 32.1. The lowest BCUT2D eigenvalue weighted by Gasteiger charge is -2.40. The molecule has 2 heterocycles. The van der Waals surface area contributed by atoms with Crippen LogP contribution in [0.3, 0.4) is 0 Å². The number of nitrogens with zero attached hydrogens (tertiary/aromatic N) is 1. The zero-order valence-electron chi connectivity index (χ0n) is 9.41. The molecule has 0 bridgehead atoms. The largest absolute Gasteiger partial charge is 0.330 e. The lowest BCUT2D eigenvalue weighted by Crippen LogP contribution is -2.46. The Balaban J connectivity index is 2.12. The summed E-state index contributed by atoms with van der Waals surface area (Å²) in [6.45, 7) is 6.61. The van der Waals surface area contributed by atoms with E-state index in [-0.39, 0.29) is 5.41 Å². The molecule has 1 aromatic heterocycles. The first kappa shape index (κ1) is 11.1. The van der Waals surface area contributed by atoms with Crippen molar-refractivity contribution in [1.82, 2.24) is 4.90 Å². The molecule has 1 aromatic rings. The summed E-state index contributed by atoms with van der Waals surface area (Å²) in [5, 5.41) is 2.17. The van der Waals surface area contributed by atoms with Gasteiger partial charge in [-0.25, -0.2) is 0 Å². The van der Waals surface area contributed by atoms with Gasteiger partial charge in [-0.2, -0.15) is 0 Å². The van der Waals surface area contributed by atoms with E-state index >= 15 is 0 Å². The molecular weight excluding hydrogens is 204 g/mol. The smallest absolute Gasteiger partial charge is 0.0194 e. The van der Waals surface area contributed by atoms with Crippen LogP contribution in [0.25, 0.3) is 0 Å². The molecule has 2 nitrogen and oxygen atoms in total. The van der Waals surface area contributed by atoms with Crippen molar-refractivity contribution < 1.29 is 0 Å². The SMILES string of the molecule is CCN1CCC(CN)(c2cccs2)CC1. The number of likely N-dealkylation sites (tertiary alicyclic amines) is 1. The van der Waals surface area contributed by atoms with E-state index in [1.54, 1.807) is 0 Å². The predicted octanol–water partition coefficient (Wildman–Crippen LogP) is 2.06. The summed E-state index contributed by atoms with van der Waals surface area (Å²) >= 11 is 1.86. The highest BCUT2D eigenvalue weighted by Crippen LogP contribution is 2.36. The van der Waals surface area contributed by atoms with E-state index in [0.29, 0.717) is 0 Å². The summed E-state index contributed by atoms with van der Waals surface area (Å²) in [7, 11) is 0. The van der Waals surface area contributed by atoms with Gasteiger partial charge in [-0.15, -0.1) is 11.3 Å². The summed E-state index contributed by atoms with van der Waals surface area (Å²) in [5.74, 6) is 0.